The highest BCUT2D eigenvalue weighted by Crippen LogP contribution is 2.30. The van der Waals surface area contributed by atoms with Gasteiger partial charge in [0.25, 0.3) is 0 Å². The van der Waals surface area contributed by atoms with E-state index in [0.29, 0.717) is 51.1 Å². The lowest BCUT2D eigenvalue weighted by molar-refractivity contribution is -0.129. The van der Waals surface area contributed by atoms with E-state index in [4.69, 9.17) is 0 Å². The van der Waals surface area contributed by atoms with Gasteiger partial charge in [-0.1, -0.05) is 56.3 Å². The highest BCUT2D eigenvalue weighted by molar-refractivity contribution is 7.89. The highest BCUT2D eigenvalue weighted by atomic mass is 32.2. The number of amides is 1. The topological polar surface area (TPSA) is 60.9 Å². The molecular formula is C26H36FN3O3S. The van der Waals surface area contributed by atoms with Gasteiger partial charge >= 0.3 is 0 Å². The maximum Gasteiger partial charge on any atom is 0.219 e. The van der Waals surface area contributed by atoms with Gasteiger partial charge < -0.3 is 9.80 Å². The standard InChI is InChI=1S/C20H30FN3O3S.C6H6/c1-4-19-11-15(2)13-24(28(19,26)27)14-17-5-6-18(12-20(17)21)23-9-7-22(8-10-23)16(3)25;1-2-4-6-5-3-1/h5-6,12,15,19H,4,7-11,13-14H2,1-3H3;1-6H/t15-,19?;/m0./s1. The van der Waals surface area contributed by atoms with Crippen molar-refractivity contribution in [3.8, 4) is 0 Å². The molecule has 4 rings (SSSR count). The van der Waals surface area contributed by atoms with Crippen molar-refractivity contribution in [2.75, 3.05) is 37.6 Å². The minimum atomic E-state index is -3.39. The maximum atomic E-state index is 14.8. The maximum absolute atomic E-state index is 14.8. The number of hydrogen-bond acceptors (Lipinski definition) is 4. The van der Waals surface area contributed by atoms with Gasteiger partial charge in [0, 0.05) is 57.4 Å². The van der Waals surface area contributed by atoms with E-state index in [2.05, 4.69) is 4.90 Å². The second-order valence-corrected chi connectivity index (χ2v) is 11.3. The van der Waals surface area contributed by atoms with Crippen molar-refractivity contribution >= 4 is 21.6 Å². The summed E-state index contributed by atoms with van der Waals surface area (Å²) in [5.41, 5.74) is 1.17. The fraction of sp³-hybridized carbons (Fsp3) is 0.500. The first kappa shape index (κ1) is 26.2. The van der Waals surface area contributed by atoms with Crippen LogP contribution < -0.4 is 4.90 Å². The van der Waals surface area contributed by atoms with E-state index in [0.717, 1.165) is 5.69 Å². The third-order valence-corrected chi connectivity index (χ3v) is 8.92. The van der Waals surface area contributed by atoms with Crippen molar-refractivity contribution in [2.45, 2.75) is 45.4 Å². The van der Waals surface area contributed by atoms with E-state index in [9.17, 15) is 17.6 Å². The summed E-state index contributed by atoms with van der Waals surface area (Å²) in [6.07, 6.45) is 1.25. The number of halogens is 1. The second-order valence-electron chi connectivity index (χ2n) is 9.13. The molecule has 2 aromatic rings. The summed E-state index contributed by atoms with van der Waals surface area (Å²) in [6.45, 7) is 8.58. The van der Waals surface area contributed by atoms with Crippen molar-refractivity contribution in [2.24, 2.45) is 5.92 Å². The van der Waals surface area contributed by atoms with Gasteiger partial charge in [-0.3, -0.25) is 4.79 Å². The molecule has 0 aromatic heterocycles. The number of rotatable bonds is 4. The number of carbonyl (C=O) groups is 1. The monoisotopic (exact) mass is 489 g/mol. The Bertz CT molecular complexity index is 1010. The molecule has 0 radical (unpaired) electrons. The van der Waals surface area contributed by atoms with Gasteiger partial charge in [-0.25, -0.2) is 12.8 Å². The van der Waals surface area contributed by atoms with E-state index in [1.165, 1.54) is 10.4 Å². The van der Waals surface area contributed by atoms with Crippen LogP contribution in [0.15, 0.2) is 54.6 Å². The molecule has 1 unspecified atom stereocenters. The minimum Gasteiger partial charge on any atom is -0.368 e. The number of nitrogens with zero attached hydrogens (tertiary/aromatic N) is 3. The van der Waals surface area contributed by atoms with E-state index in [-0.39, 0.29) is 29.4 Å². The first-order valence-electron chi connectivity index (χ1n) is 12.0. The lowest BCUT2D eigenvalue weighted by atomic mass is 10.0. The predicted octanol–water partition coefficient (Wildman–Crippen LogP) is 4.13. The number of sulfonamides is 1. The van der Waals surface area contributed by atoms with Crippen LogP contribution in [-0.2, 0) is 21.4 Å². The lowest BCUT2D eigenvalue weighted by Crippen LogP contribution is -2.48. The zero-order valence-electron chi connectivity index (χ0n) is 20.4. The second kappa shape index (κ2) is 11.8. The molecule has 0 aliphatic carbocycles. The van der Waals surface area contributed by atoms with Crippen LogP contribution in [0.3, 0.4) is 0 Å². The van der Waals surface area contributed by atoms with Crippen molar-refractivity contribution in [3.63, 3.8) is 0 Å². The molecule has 0 spiro atoms. The van der Waals surface area contributed by atoms with Crippen LogP contribution in [0.4, 0.5) is 10.1 Å². The van der Waals surface area contributed by atoms with Gasteiger partial charge in [0.15, 0.2) is 0 Å². The van der Waals surface area contributed by atoms with Crippen LogP contribution in [0.2, 0.25) is 0 Å². The minimum absolute atomic E-state index is 0.0588. The summed E-state index contributed by atoms with van der Waals surface area (Å²) in [4.78, 5) is 15.3. The number of benzene rings is 2. The Morgan fingerprint density at radius 1 is 1.03 bits per heavy atom. The SMILES string of the molecule is CCC1C[C@H](C)CN(Cc2ccc(N3CCN(C(C)=O)CC3)cc2F)S1(=O)=O.c1ccccc1. The molecule has 2 fully saturated rings. The van der Waals surface area contributed by atoms with E-state index >= 15 is 0 Å². The molecule has 6 nitrogen and oxygen atoms in total. The summed E-state index contributed by atoms with van der Waals surface area (Å²) >= 11 is 0. The average Bonchev–Trinajstić information content (AvgIpc) is 2.84. The predicted molar refractivity (Wildman–Crippen MR) is 134 cm³/mol. The Hall–Kier alpha value is -2.45. The molecule has 0 saturated carbocycles. The fourth-order valence-electron chi connectivity index (χ4n) is 4.55. The van der Waals surface area contributed by atoms with E-state index in [1.807, 2.05) is 56.3 Å². The first-order valence-corrected chi connectivity index (χ1v) is 13.5. The zero-order valence-corrected chi connectivity index (χ0v) is 21.2. The zero-order chi connectivity index (χ0) is 24.7. The fourth-order valence-corrected chi connectivity index (χ4v) is 6.75. The molecule has 2 aromatic carbocycles. The molecule has 1 amide bonds. The molecule has 2 aliphatic rings. The molecule has 2 aliphatic heterocycles. The summed E-state index contributed by atoms with van der Waals surface area (Å²) in [5, 5.41) is -0.379. The summed E-state index contributed by atoms with van der Waals surface area (Å²) < 4.78 is 41.8. The van der Waals surface area contributed by atoms with E-state index in [1.54, 1.807) is 17.9 Å². The van der Waals surface area contributed by atoms with Gasteiger partial charge in [0.2, 0.25) is 15.9 Å². The first-order chi connectivity index (χ1) is 16.2. The van der Waals surface area contributed by atoms with Crippen LogP contribution in [0.25, 0.3) is 0 Å². The quantitative estimate of drug-likeness (QED) is 0.648. The third kappa shape index (κ3) is 6.57. The molecule has 8 heteroatoms. The molecule has 2 heterocycles. The Balaban J connectivity index is 0.000000469. The third-order valence-electron chi connectivity index (χ3n) is 6.56. The summed E-state index contributed by atoms with van der Waals surface area (Å²) in [6, 6.07) is 17.0. The van der Waals surface area contributed by atoms with E-state index < -0.39 is 10.0 Å². The highest BCUT2D eigenvalue weighted by Gasteiger charge is 2.37. The Kier molecular flexibility index (Phi) is 9.08. The summed E-state index contributed by atoms with van der Waals surface area (Å²) in [5.74, 6) is -0.0510. The lowest BCUT2D eigenvalue weighted by Gasteiger charge is -2.36. The van der Waals surface area contributed by atoms with Gasteiger partial charge in [-0.15, -0.1) is 0 Å². The molecule has 34 heavy (non-hydrogen) atoms. The normalized spacial score (nSPS) is 22.6. The number of anilines is 1. The van der Waals surface area contributed by atoms with Crippen LogP contribution in [0, 0.1) is 11.7 Å². The number of hydrogen-bond donors (Lipinski definition) is 0. The molecule has 0 N–H and O–H groups in total. The Labute approximate surface area is 203 Å². The largest absolute Gasteiger partial charge is 0.368 e. The van der Waals surface area contributed by atoms with Crippen molar-refractivity contribution in [1.82, 2.24) is 9.21 Å². The van der Waals surface area contributed by atoms with Crippen LogP contribution in [0.5, 0.6) is 0 Å². The van der Waals surface area contributed by atoms with Crippen molar-refractivity contribution in [1.29, 1.82) is 0 Å². The number of carbonyl (C=O) groups excluding carboxylic acids is 1. The molecule has 2 saturated heterocycles. The molecule has 0 bridgehead atoms. The number of piperazine rings is 1. The molecule has 186 valence electrons. The van der Waals surface area contributed by atoms with Crippen molar-refractivity contribution in [3.05, 3.63) is 66.0 Å². The Morgan fingerprint density at radius 2 is 1.62 bits per heavy atom. The van der Waals surface area contributed by atoms with Crippen LogP contribution in [-0.4, -0.2) is 61.5 Å². The van der Waals surface area contributed by atoms with Gasteiger partial charge in [-0.2, -0.15) is 4.31 Å². The molecule has 2 atom stereocenters. The molecular weight excluding hydrogens is 453 g/mol. The van der Waals surface area contributed by atoms with Gasteiger partial charge in [0.1, 0.15) is 5.82 Å². The van der Waals surface area contributed by atoms with Crippen LogP contribution >= 0.6 is 0 Å². The smallest absolute Gasteiger partial charge is 0.219 e. The van der Waals surface area contributed by atoms with Gasteiger partial charge in [-0.05, 0) is 30.9 Å². The Morgan fingerprint density at radius 3 is 2.12 bits per heavy atom. The van der Waals surface area contributed by atoms with Crippen LogP contribution in [0.1, 0.15) is 39.2 Å². The average molecular weight is 490 g/mol. The van der Waals surface area contributed by atoms with Gasteiger partial charge in [0.05, 0.1) is 5.25 Å². The summed E-state index contributed by atoms with van der Waals surface area (Å²) in [7, 11) is -3.39. The van der Waals surface area contributed by atoms with Crippen molar-refractivity contribution < 1.29 is 17.6 Å².